The highest BCUT2D eigenvalue weighted by Crippen LogP contribution is 2.48. The summed E-state index contributed by atoms with van der Waals surface area (Å²) in [6, 6.07) is 0. The molecule has 0 N–H and O–H groups in total. The number of hydrogen-bond donors (Lipinski definition) is 0. The van der Waals surface area contributed by atoms with Crippen molar-refractivity contribution in [2.75, 3.05) is 13.6 Å². The Morgan fingerprint density at radius 1 is 1.33 bits per heavy atom. The molecule has 0 bridgehead atoms. The predicted molar refractivity (Wildman–Crippen MR) is 52.2 cm³/mol. The predicted octanol–water partition coefficient (Wildman–Crippen LogP) is 2.52. The highest BCUT2D eigenvalue weighted by molar-refractivity contribution is 5.03. The molecule has 1 saturated heterocycles. The molecule has 1 aliphatic heterocycles. The third-order valence-corrected chi connectivity index (χ3v) is 4.29. The van der Waals surface area contributed by atoms with Crippen molar-refractivity contribution in [3.05, 3.63) is 0 Å². The Morgan fingerprint density at radius 2 is 2.08 bits per heavy atom. The van der Waals surface area contributed by atoms with Crippen LogP contribution in [0.4, 0.5) is 0 Å². The third kappa shape index (κ3) is 1.10. The Bertz CT molecular complexity index is 176. The quantitative estimate of drug-likeness (QED) is 0.580. The summed E-state index contributed by atoms with van der Waals surface area (Å²) in [5, 5.41) is 0. The van der Waals surface area contributed by atoms with Gasteiger partial charge in [0.05, 0.1) is 0 Å². The number of likely N-dealkylation sites (tertiary alicyclic amines) is 1. The van der Waals surface area contributed by atoms with Crippen LogP contribution in [0.15, 0.2) is 0 Å². The first-order valence-electron chi connectivity index (χ1n) is 5.35. The molecule has 2 aliphatic rings. The first-order chi connectivity index (χ1) is 5.64. The Hall–Kier alpha value is -0.0400. The van der Waals surface area contributed by atoms with Crippen LogP contribution < -0.4 is 0 Å². The summed E-state index contributed by atoms with van der Waals surface area (Å²) in [5.41, 5.74) is 0.662. The van der Waals surface area contributed by atoms with Gasteiger partial charge in [0.1, 0.15) is 0 Å². The van der Waals surface area contributed by atoms with Gasteiger partial charge < -0.3 is 4.90 Å². The average molecular weight is 167 g/mol. The van der Waals surface area contributed by atoms with E-state index in [1.54, 1.807) is 0 Å². The van der Waals surface area contributed by atoms with Gasteiger partial charge in [-0.25, -0.2) is 0 Å². The van der Waals surface area contributed by atoms with E-state index in [1.165, 1.54) is 32.2 Å². The highest BCUT2D eigenvalue weighted by Gasteiger charge is 2.47. The fraction of sp³-hybridized carbons (Fsp3) is 1.00. The molecule has 12 heavy (non-hydrogen) atoms. The van der Waals surface area contributed by atoms with Gasteiger partial charge in [0, 0.05) is 12.1 Å². The monoisotopic (exact) mass is 167 g/mol. The lowest BCUT2D eigenvalue weighted by atomic mass is 9.81. The van der Waals surface area contributed by atoms with Gasteiger partial charge in [0.2, 0.25) is 0 Å². The molecule has 2 fully saturated rings. The van der Waals surface area contributed by atoms with Crippen molar-refractivity contribution >= 4 is 0 Å². The lowest BCUT2D eigenvalue weighted by Crippen LogP contribution is -2.56. The molecule has 2 unspecified atom stereocenters. The van der Waals surface area contributed by atoms with Crippen LogP contribution in [0.5, 0.6) is 0 Å². The number of nitrogens with zero attached hydrogens (tertiary/aromatic N) is 1. The minimum Gasteiger partial charge on any atom is -0.301 e. The molecule has 1 spiro atoms. The molecular formula is C11H21N. The van der Waals surface area contributed by atoms with Crippen LogP contribution in [-0.4, -0.2) is 24.0 Å². The maximum absolute atomic E-state index is 2.58. The molecule has 1 aliphatic carbocycles. The van der Waals surface area contributed by atoms with Crippen molar-refractivity contribution in [2.45, 2.75) is 45.1 Å². The Balaban J connectivity index is 1.97. The van der Waals surface area contributed by atoms with E-state index in [9.17, 15) is 0 Å². The van der Waals surface area contributed by atoms with Crippen LogP contribution in [0.1, 0.15) is 39.5 Å². The van der Waals surface area contributed by atoms with Crippen LogP contribution >= 0.6 is 0 Å². The lowest BCUT2D eigenvalue weighted by molar-refractivity contribution is 0.0120. The zero-order valence-corrected chi connectivity index (χ0v) is 8.64. The van der Waals surface area contributed by atoms with Crippen LogP contribution in [-0.2, 0) is 0 Å². The van der Waals surface area contributed by atoms with Crippen molar-refractivity contribution in [1.29, 1.82) is 0 Å². The maximum atomic E-state index is 2.58. The average Bonchev–Trinajstić information content (AvgIpc) is 2.48. The first kappa shape index (κ1) is 8.55. The van der Waals surface area contributed by atoms with E-state index < -0.39 is 0 Å². The molecule has 2 atom stereocenters. The van der Waals surface area contributed by atoms with E-state index in [-0.39, 0.29) is 0 Å². The van der Waals surface area contributed by atoms with Gasteiger partial charge in [-0.3, -0.25) is 0 Å². The molecule has 0 aromatic heterocycles. The molecule has 0 amide bonds. The van der Waals surface area contributed by atoms with E-state index in [0.29, 0.717) is 5.54 Å². The fourth-order valence-electron chi connectivity index (χ4n) is 2.94. The van der Waals surface area contributed by atoms with Crippen molar-refractivity contribution in [1.82, 2.24) is 4.90 Å². The van der Waals surface area contributed by atoms with Crippen molar-refractivity contribution in [3.63, 3.8) is 0 Å². The largest absolute Gasteiger partial charge is 0.301 e. The van der Waals surface area contributed by atoms with Gasteiger partial charge in [-0.2, -0.15) is 0 Å². The van der Waals surface area contributed by atoms with Crippen LogP contribution in [0.3, 0.4) is 0 Å². The summed E-state index contributed by atoms with van der Waals surface area (Å²) in [6.07, 6.45) is 5.88. The van der Waals surface area contributed by atoms with Gasteiger partial charge in [-0.05, 0) is 44.6 Å². The molecule has 2 rings (SSSR count). The molecule has 70 valence electrons. The topological polar surface area (TPSA) is 3.24 Å². The Labute approximate surface area is 76.1 Å². The molecule has 0 aromatic carbocycles. The molecule has 0 aromatic rings. The lowest BCUT2D eigenvalue weighted by Gasteiger charge is -2.49. The van der Waals surface area contributed by atoms with E-state index in [1.807, 2.05) is 0 Å². The molecule has 0 radical (unpaired) electrons. The molecule has 1 heterocycles. The summed E-state index contributed by atoms with van der Waals surface area (Å²) in [7, 11) is 2.30. The fourth-order valence-corrected chi connectivity index (χ4v) is 2.94. The second-order valence-electron chi connectivity index (χ2n) is 5.14. The Kier molecular flexibility index (Phi) is 1.95. The molecule has 1 nitrogen and oxygen atoms in total. The second kappa shape index (κ2) is 2.73. The zero-order valence-electron chi connectivity index (χ0n) is 8.64. The van der Waals surface area contributed by atoms with Crippen LogP contribution in [0.25, 0.3) is 0 Å². The third-order valence-electron chi connectivity index (χ3n) is 4.29. The summed E-state index contributed by atoms with van der Waals surface area (Å²) >= 11 is 0. The molecular weight excluding hydrogens is 146 g/mol. The van der Waals surface area contributed by atoms with Crippen molar-refractivity contribution in [2.24, 2.45) is 11.8 Å². The highest BCUT2D eigenvalue weighted by atomic mass is 15.2. The smallest absolute Gasteiger partial charge is 0.0221 e. The van der Waals surface area contributed by atoms with Gasteiger partial charge >= 0.3 is 0 Å². The van der Waals surface area contributed by atoms with Gasteiger partial charge in [0.25, 0.3) is 0 Å². The molecule has 1 heteroatoms. The van der Waals surface area contributed by atoms with E-state index in [2.05, 4.69) is 25.8 Å². The van der Waals surface area contributed by atoms with Gasteiger partial charge in [-0.15, -0.1) is 0 Å². The second-order valence-corrected chi connectivity index (χ2v) is 5.14. The van der Waals surface area contributed by atoms with Crippen molar-refractivity contribution in [3.8, 4) is 0 Å². The van der Waals surface area contributed by atoms with Crippen LogP contribution in [0.2, 0.25) is 0 Å². The minimum absolute atomic E-state index is 0.662. The maximum Gasteiger partial charge on any atom is 0.0221 e. The van der Waals surface area contributed by atoms with E-state index in [4.69, 9.17) is 0 Å². The Morgan fingerprint density at radius 3 is 2.33 bits per heavy atom. The van der Waals surface area contributed by atoms with E-state index >= 15 is 0 Å². The first-order valence-corrected chi connectivity index (χ1v) is 5.35. The number of hydrogen-bond acceptors (Lipinski definition) is 1. The molecule has 1 saturated carbocycles. The standard InChI is InChI=1S/C11H21N/c1-9(2)10-4-5-11(8-10)6-7-12(11)3/h9-10H,4-8H2,1-3H3. The van der Waals surface area contributed by atoms with E-state index in [0.717, 1.165) is 11.8 Å². The summed E-state index contributed by atoms with van der Waals surface area (Å²) in [6.45, 7) is 6.09. The minimum atomic E-state index is 0.662. The number of rotatable bonds is 1. The van der Waals surface area contributed by atoms with Crippen molar-refractivity contribution < 1.29 is 0 Å². The SMILES string of the molecule is CC(C)C1CCC2(CCN2C)C1. The van der Waals surface area contributed by atoms with Gasteiger partial charge in [0.15, 0.2) is 0 Å². The zero-order chi connectivity index (χ0) is 8.77. The summed E-state index contributed by atoms with van der Waals surface area (Å²) in [5.74, 6) is 1.91. The summed E-state index contributed by atoms with van der Waals surface area (Å²) in [4.78, 5) is 2.58. The van der Waals surface area contributed by atoms with Crippen LogP contribution in [0, 0.1) is 11.8 Å². The normalized spacial score (nSPS) is 42.5. The summed E-state index contributed by atoms with van der Waals surface area (Å²) < 4.78 is 0. The van der Waals surface area contributed by atoms with Gasteiger partial charge in [-0.1, -0.05) is 13.8 Å².